The average molecular weight is 368 g/mol. The van der Waals surface area contributed by atoms with E-state index in [2.05, 4.69) is 10.3 Å². The fourth-order valence-corrected chi connectivity index (χ4v) is 3.16. The lowest BCUT2D eigenvalue weighted by Gasteiger charge is -2.26. The van der Waals surface area contributed by atoms with Gasteiger partial charge in [-0.2, -0.15) is 0 Å². The van der Waals surface area contributed by atoms with E-state index < -0.39 is 6.17 Å². The minimum Gasteiger partial charge on any atom is -0.360 e. The number of anilines is 1. The summed E-state index contributed by atoms with van der Waals surface area (Å²) in [6.07, 6.45) is 1.26. The zero-order chi connectivity index (χ0) is 18.1. The highest BCUT2D eigenvalue weighted by Crippen LogP contribution is 2.34. The predicted molar refractivity (Wildman–Crippen MR) is 98.3 cm³/mol. The summed E-state index contributed by atoms with van der Waals surface area (Å²) in [4.78, 5) is 19.0. The van der Waals surface area contributed by atoms with Gasteiger partial charge in [-0.25, -0.2) is 4.39 Å². The number of halogens is 2. The molecule has 0 radical (unpaired) electrons. The number of hydrogen-bond donors (Lipinski definition) is 1. The Hall–Kier alpha value is -2.92. The molecule has 3 aromatic rings. The number of carbonyl (C=O) groups is 1. The maximum absolute atomic E-state index is 13.2. The first kappa shape index (κ1) is 16.5. The summed E-state index contributed by atoms with van der Waals surface area (Å²) in [6.45, 7) is 0.348. The molecule has 1 aliphatic rings. The minimum atomic E-state index is -0.412. The number of benzene rings is 2. The molecule has 0 aliphatic carbocycles. The molecule has 1 N–H and O–H groups in total. The van der Waals surface area contributed by atoms with Crippen LogP contribution in [-0.4, -0.2) is 15.8 Å². The molecule has 130 valence electrons. The quantitative estimate of drug-likeness (QED) is 0.730. The van der Waals surface area contributed by atoms with Gasteiger partial charge in [0, 0.05) is 23.5 Å². The fraction of sp³-hybridized carbons (Fsp3) is 0.100. The lowest BCUT2D eigenvalue weighted by molar-refractivity contribution is 0.0728. The summed E-state index contributed by atoms with van der Waals surface area (Å²) < 4.78 is 13.2. The molecule has 0 spiro atoms. The topological polar surface area (TPSA) is 45.2 Å². The fourth-order valence-electron chi connectivity index (χ4n) is 3.04. The molecule has 0 saturated heterocycles. The van der Waals surface area contributed by atoms with Gasteiger partial charge in [0.05, 0.1) is 11.3 Å². The smallest absolute Gasteiger partial charge is 0.258 e. The summed E-state index contributed by atoms with van der Waals surface area (Å²) in [6, 6.07) is 16.9. The van der Waals surface area contributed by atoms with Gasteiger partial charge in [0.15, 0.2) is 0 Å². The Labute approximate surface area is 155 Å². The first-order valence-electron chi connectivity index (χ1n) is 8.14. The van der Waals surface area contributed by atoms with Crippen LogP contribution >= 0.6 is 11.6 Å². The van der Waals surface area contributed by atoms with Gasteiger partial charge >= 0.3 is 0 Å². The van der Waals surface area contributed by atoms with Crippen molar-refractivity contribution in [1.29, 1.82) is 0 Å². The van der Waals surface area contributed by atoms with Crippen LogP contribution in [0.4, 0.5) is 10.1 Å². The van der Waals surface area contributed by atoms with Gasteiger partial charge in [0.2, 0.25) is 0 Å². The van der Waals surface area contributed by atoms with E-state index in [1.54, 1.807) is 47.5 Å². The number of hydrogen-bond acceptors (Lipinski definition) is 3. The van der Waals surface area contributed by atoms with Gasteiger partial charge in [-0.1, -0.05) is 23.7 Å². The number of nitrogens with zero attached hydrogens (tertiary/aromatic N) is 2. The van der Waals surface area contributed by atoms with Crippen LogP contribution < -0.4 is 5.32 Å². The van der Waals surface area contributed by atoms with E-state index in [0.717, 1.165) is 11.3 Å². The molecule has 1 aromatic heterocycles. The molecular formula is C20H15ClFN3O. The molecule has 1 amide bonds. The van der Waals surface area contributed by atoms with Crippen molar-refractivity contribution in [3.8, 4) is 0 Å². The highest BCUT2D eigenvalue weighted by Gasteiger charge is 2.37. The average Bonchev–Trinajstić information content (AvgIpc) is 2.91. The molecule has 0 saturated carbocycles. The highest BCUT2D eigenvalue weighted by molar-refractivity contribution is 6.30. The molecule has 1 unspecified atom stereocenters. The Morgan fingerprint density at radius 3 is 2.54 bits per heavy atom. The van der Waals surface area contributed by atoms with E-state index in [-0.39, 0.29) is 11.7 Å². The van der Waals surface area contributed by atoms with Crippen molar-refractivity contribution in [2.24, 2.45) is 0 Å². The molecule has 2 heterocycles. The van der Waals surface area contributed by atoms with Crippen LogP contribution in [0.1, 0.15) is 27.8 Å². The second kappa shape index (κ2) is 6.77. The normalized spacial score (nSPS) is 15.8. The maximum Gasteiger partial charge on any atom is 0.258 e. The van der Waals surface area contributed by atoms with E-state index in [1.807, 2.05) is 12.1 Å². The first-order chi connectivity index (χ1) is 12.6. The van der Waals surface area contributed by atoms with Crippen LogP contribution in [0, 0.1) is 5.82 Å². The number of fused-ring (bicyclic) bond motifs is 1. The van der Waals surface area contributed by atoms with Crippen molar-refractivity contribution < 1.29 is 9.18 Å². The van der Waals surface area contributed by atoms with E-state index >= 15 is 0 Å². The molecule has 0 fully saturated rings. The van der Waals surface area contributed by atoms with E-state index in [9.17, 15) is 9.18 Å². The monoisotopic (exact) mass is 367 g/mol. The van der Waals surface area contributed by atoms with Crippen LogP contribution in [0.5, 0.6) is 0 Å². The zero-order valence-corrected chi connectivity index (χ0v) is 14.4. The van der Waals surface area contributed by atoms with Gasteiger partial charge in [-0.15, -0.1) is 0 Å². The summed E-state index contributed by atoms with van der Waals surface area (Å²) in [5.41, 5.74) is 2.92. The predicted octanol–water partition coefficient (Wildman–Crippen LogP) is 4.64. The molecule has 4 rings (SSSR count). The molecule has 4 nitrogen and oxygen atoms in total. The number of nitrogens with one attached hydrogen (secondary N) is 1. The van der Waals surface area contributed by atoms with E-state index in [0.29, 0.717) is 22.8 Å². The first-order valence-corrected chi connectivity index (χ1v) is 8.52. The third kappa shape index (κ3) is 3.13. The summed E-state index contributed by atoms with van der Waals surface area (Å²) in [5.74, 6) is -0.411. The minimum absolute atomic E-state index is 0.108. The van der Waals surface area contributed by atoms with Crippen LogP contribution in [0.2, 0.25) is 5.02 Å². The maximum atomic E-state index is 13.2. The van der Waals surface area contributed by atoms with Crippen LogP contribution in [-0.2, 0) is 6.54 Å². The Bertz CT molecular complexity index is 944. The Morgan fingerprint density at radius 2 is 1.81 bits per heavy atom. The molecular weight excluding hydrogens is 353 g/mol. The van der Waals surface area contributed by atoms with Gasteiger partial charge in [0.1, 0.15) is 12.0 Å². The van der Waals surface area contributed by atoms with Crippen molar-refractivity contribution in [2.45, 2.75) is 12.7 Å². The third-order valence-corrected chi connectivity index (χ3v) is 4.57. The van der Waals surface area contributed by atoms with E-state index in [1.165, 1.54) is 12.1 Å². The van der Waals surface area contributed by atoms with E-state index in [4.69, 9.17) is 11.6 Å². The lowest BCUT2D eigenvalue weighted by atomic mass is 10.2. The van der Waals surface area contributed by atoms with Gasteiger partial charge in [-0.3, -0.25) is 9.78 Å². The molecule has 26 heavy (non-hydrogen) atoms. The van der Waals surface area contributed by atoms with Gasteiger partial charge < -0.3 is 10.2 Å². The lowest BCUT2D eigenvalue weighted by Crippen LogP contribution is -2.32. The molecule has 1 aliphatic heterocycles. The molecule has 1 atom stereocenters. The van der Waals surface area contributed by atoms with Crippen molar-refractivity contribution in [2.75, 3.05) is 5.32 Å². The Morgan fingerprint density at radius 1 is 1.08 bits per heavy atom. The SMILES string of the molecule is O=C1c2cccnc2C(Nc2ccc(Cl)cc2)N1Cc1ccc(F)cc1. The number of amides is 1. The van der Waals surface area contributed by atoms with Crippen molar-refractivity contribution in [3.63, 3.8) is 0 Å². The molecule has 0 bridgehead atoms. The van der Waals surface area contributed by atoms with Gasteiger partial charge in [-0.05, 0) is 54.1 Å². The second-order valence-electron chi connectivity index (χ2n) is 6.05. The van der Waals surface area contributed by atoms with Crippen LogP contribution in [0.15, 0.2) is 66.9 Å². The summed E-state index contributed by atoms with van der Waals surface area (Å²) in [7, 11) is 0. The number of aromatic nitrogens is 1. The molecule has 2 aromatic carbocycles. The number of pyridine rings is 1. The number of carbonyl (C=O) groups excluding carboxylic acids is 1. The summed E-state index contributed by atoms with van der Waals surface area (Å²) in [5, 5.41) is 3.98. The Kier molecular flexibility index (Phi) is 4.31. The van der Waals surface area contributed by atoms with Crippen molar-refractivity contribution >= 4 is 23.2 Å². The Balaban J connectivity index is 1.67. The number of rotatable bonds is 4. The van der Waals surface area contributed by atoms with Crippen molar-refractivity contribution in [3.05, 3.63) is 94.5 Å². The summed E-state index contributed by atoms with van der Waals surface area (Å²) >= 11 is 5.95. The van der Waals surface area contributed by atoms with Crippen molar-refractivity contribution in [1.82, 2.24) is 9.88 Å². The molecule has 6 heteroatoms. The highest BCUT2D eigenvalue weighted by atomic mass is 35.5. The second-order valence-corrected chi connectivity index (χ2v) is 6.49. The van der Waals surface area contributed by atoms with Gasteiger partial charge in [0.25, 0.3) is 5.91 Å². The zero-order valence-electron chi connectivity index (χ0n) is 13.7. The van der Waals surface area contributed by atoms with Crippen LogP contribution in [0.25, 0.3) is 0 Å². The third-order valence-electron chi connectivity index (χ3n) is 4.31. The standard InChI is InChI=1S/C20H15ClFN3O/c21-14-5-9-16(10-6-14)24-19-18-17(2-1-11-23-18)20(26)25(19)12-13-3-7-15(22)8-4-13/h1-11,19,24H,12H2. The van der Waals surface area contributed by atoms with Crippen LogP contribution in [0.3, 0.4) is 0 Å². The largest absolute Gasteiger partial charge is 0.360 e.